The minimum absolute atomic E-state index is 0.00626. The molecular formula is C24H36O5Si. The Hall–Kier alpha value is -1.66. The predicted octanol–water partition coefficient (Wildman–Crippen LogP) is 4.67. The van der Waals surface area contributed by atoms with Gasteiger partial charge in [-0.1, -0.05) is 26.8 Å². The number of ether oxygens (including phenoxy) is 2. The van der Waals surface area contributed by atoms with E-state index in [-0.39, 0.29) is 22.2 Å². The van der Waals surface area contributed by atoms with Crippen LogP contribution >= 0.6 is 0 Å². The summed E-state index contributed by atoms with van der Waals surface area (Å²) in [7, 11) is 1.04. The molecule has 0 amide bonds. The summed E-state index contributed by atoms with van der Waals surface area (Å²) in [6.07, 6.45) is 2.67. The minimum atomic E-state index is -2.01. The molecule has 2 aliphatic rings. The Balaban J connectivity index is 2.09. The van der Waals surface area contributed by atoms with Crippen LogP contribution in [0.15, 0.2) is 18.2 Å². The molecule has 3 rings (SSSR count). The Morgan fingerprint density at radius 2 is 1.90 bits per heavy atom. The number of fused-ring (bicyclic) bond motifs is 3. The maximum absolute atomic E-state index is 12.8. The van der Waals surface area contributed by atoms with E-state index in [0.29, 0.717) is 19.4 Å². The molecule has 0 spiro atoms. The monoisotopic (exact) mass is 432 g/mol. The van der Waals surface area contributed by atoms with Crippen LogP contribution in [0, 0.1) is 11.8 Å². The molecule has 0 heterocycles. The molecule has 0 aromatic heterocycles. The number of carbonyl (C=O) groups is 2. The highest BCUT2D eigenvalue weighted by Gasteiger charge is 2.56. The SMILES string of the molecule is COC(=O)[C@H]1C(=O)CC[C@@]2(CO[Si](C)(C)C(C)(C)C)c3ccc(OC)cc3CC[C@H]12. The minimum Gasteiger partial charge on any atom is -0.497 e. The molecule has 1 fully saturated rings. The van der Waals surface area contributed by atoms with E-state index < -0.39 is 20.2 Å². The van der Waals surface area contributed by atoms with Crippen molar-refractivity contribution < 1.29 is 23.5 Å². The molecule has 30 heavy (non-hydrogen) atoms. The van der Waals surface area contributed by atoms with E-state index in [4.69, 9.17) is 13.9 Å². The van der Waals surface area contributed by atoms with Crippen LogP contribution in [0.25, 0.3) is 0 Å². The highest BCUT2D eigenvalue weighted by Crippen LogP contribution is 2.53. The van der Waals surface area contributed by atoms with Crippen LogP contribution < -0.4 is 4.74 Å². The lowest BCUT2D eigenvalue weighted by molar-refractivity contribution is -0.156. The number of Topliss-reactive ketones (excluding diaryl/α,β-unsaturated/α-hetero) is 1. The van der Waals surface area contributed by atoms with Gasteiger partial charge in [-0.25, -0.2) is 0 Å². The quantitative estimate of drug-likeness (QED) is 0.384. The van der Waals surface area contributed by atoms with E-state index in [0.717, 1.165) is 18.6 Å². The number of methoxy groups -OCH3 is 2. The maximum Gasteiger partial charge on any atom is 0.316 e. The molecule has 1 aromatic carbocycles. The number of rotatable bonds is 5. The first-order valence-corrected chi connectivity index (χ1v) is 13.8. The van der Waals surface area contributed by atoms with Gasteiger partial charge in [0.15, 0.2) is 8.32 Å². The third-order valence-corrected chi connectivity index (χ3v) is 12.3. The van der Waals surface area contributed by atoms with Crippen LogP contribution in [0.1, 0.15) is 51.2 Å². The van der Waals surface area contributed by atoms with Crippen molar-refractivity contribution in [3.63, 3.8) is 0 Å². The second kappa shape index (κ2) is 8.12. The van der Waals surface area contributed by atoms with Gasteiger partial charge in [0.1, 0.15) is 17.5 Å². The molecule has 0 bridgehead atoms. The van der Waals surface area contributed by atoms with Crippen LogP contribution in [-0.4, -0.2) is 40.9 Å². The normalized spacial score (nSPS) is 26.6. The summed E-state index contributed by atoms with van der Waals surface area (Å²) in [5, 5.41) is 0.0861. The van der Waals surface area contributed by atoms with E-state index in [1.54, 1.807) is 7.11 Å². The van der Waals surface area contributed by atoms with Gasteiger partial charge in [-0.2, -0.15) is 0 Å². The van der Waals surface area contributed by atoms with E-state index in [2.05, 4.69) is 46.0 Å². The first-order chi connectivity index (χ1) is 14.0. The predicted molar refractivity (Wildman–Crippen MR) is 119 cm³/mol. The summed E-state index contributed by atoms with van der Waals surface area (Å²) >= 11 is 0. The fourth-order valence-electron chi connectivity index (χ4n) is 4.91. The van der Waals surface area contributed by atoms with Crippen molar-refractivity contribution in [1.82, 2.24) is 0 Å². The van der Waals surface area contributed by atoms with Gasteiger partial charge in [0.2, 0.25) is 0 Å². The zero-order chi connectivity index (χ0) is 22.3. The average Bonchev–Trinajstić information content (AvgIpc) is 2.70. The van der Waals surface area contributed by atoms with Gasteiger partial charge in [0, 0.05) is 18.4 Å². The first-order valence-electron chi connectivity index (χ1n) is 10.9. The van der Waals surface area contributed by atoms with Crippen LogP contribution in [-0.2, 0) is 30.6 Å². The largest absolute Gasteiger partial charge is 0.497 e. The first kappa shape index (κ1) is 23.0. The summed E-state index contributed by atoms with van der Waals surface area (Å²) in [6, 6.07) is 6.21. The molecule has 0 unspecified atom stereocenters. The number of esters is 1. The number of ketones is 1. The number of hydrogen-bond donors (Lipinski definition) is 0. The second-order valence-corrected chi connectivity index (χ2v) is 15.1. The summed E-state index contributed by atoms with van der Waals surface area (Å²) in [6.45, 7) is 11.7. The molecule has 1 aromatic rings. The summed E-state index contributed by atoms with van der Waals surface area (Å²) in [5.74, 6) is -0.368. The molecule has 0 aliphatic heterocycles. The Labute approximate surface area is 181 Å². The van der Waals surface area contributed by atoms with Crippen LogP contribution in [0.4, 0.5) is 0 Å². The fraction of sp³-hybridized carbons (Fsp3) is 0.667. The van der Waals surface area contributed by atoms with Crippen LogP contribution in [0.3, 0.4) is 0 Å². The lowest BCUT2D eigenvalue weighted by Crippen LogP contribution is -2.56. The van der Waals surface area contributed by atoms with Crippen LogP contribution in [0.5, 0.6) is 5.75 Å². The topological polar surface area (TPSA) is 61.8 Å². The molecule has 5 nitrogen and oxygen atoms in total. The van der Waals surface area contributed by atoms with Gasteiger partial charge in [0.25, 0.3) is 0 Å². The molecular weight excluding hydrogens is 396 g/mol. The van der Waals surface area contributed by atoms with Crippen molar-refractivity contribution in [3.05, 3.63) is 29.3 Å². The summed E-state index contributed by atoms with van der Waals surface area (Å²) < 4.78 is 17.3. The Morgan fingerprint density at radius 1 is 1.20 bits per heavy atom. The second-order valence-electron chi connectivity index (χ2n) is 10.3. The van der Waals surface area contributed by atoms with Gasteiger partial charge in [0.05, 0.1) is 14.2 Å². The fourth-order valence-corrected chi connectivity index (χ4v) is 5.97. The number of benzene rings is 1. The standard InChI is InChI=1S/C24H36O5Si/c1-23(2,3)30(6,7)29-15-24-13-12-20(25)21(22(26)28-5)19(24)10-8-16-14-17(27-4)9-11-18(16)24/h9,11,14,19,21H,8,10,12-13,15H2,1-7H3/t19-,21-,24-/m1/s1. The van der Waals surface area contributed by atoms with Gasteiger partial charge in [-0.15, -0.1) is 0 Å². The van der Waals surface area contributed by atoms with E-state index in [9.17, 15) is 9.59 Å². The third kappa shape index (κ3) is 3.84. The van der Waals surface area contributed by atoms with Gasteiger partial charge in [-0.3, -0.25) is 9.59 Å². The lowest BCUT2D eigenvalue weighted by atomic mass is 9.54. The smallest absolute Gasteiger partial charge is 0.316 e. The molecule has 0 N–H and O–H groups in total. The molecule has 6 heteroatoms. The Kier molecular flexibility index (Phi) is 6.22. The van der Waals surface area contributed by atoms with E-state index >= 15 is 0 Å². The Bertz CT molecular complexity index is 817. The van der Waals surface area contributed by atoms with Crippen molar-refractivity contribution in [2.45, 2.75) is 70.0 Å². The van der Waals surface area contributed by atoms with Crippen LogP contribution in [0.2, 0.25) is 18.1 Å². The molecule has 0 saturated heterocycles. The lowest BCUT2D eigenvalue weighted by Gasteiger charge is -2.52. The number of hydrogen-bond acceptors (Lipinski definition) is 5. The molecule has 0 radical (unpaired) electrons. The van der Waals surface area contributed by atoms with Gasteiger partial charge >= 0.3 is 5.97 Å². The van der Waals surface area contributed by atoms with E-state index in [1.165, 1.54) is 18.2 Å². The number of aryl methyl sites for hydroxylation is 1. The van der Waals surface area contributed by atoms with Gasteiger partial charge < -0.3 is 13.9 Å². The van der Waals surface area contributed by atoms with Crippen molar-refractivity contribution in [2.75, 3.05) is 20.8 Å². The molecule has 3 atom stereocenters. The number of carbonyl (C=O) groups excluding carboxylic acids is 2. The summed E-state index contributed by atoms with van der Waals surface area (Å²) in [4.78, 5) is 25.5. The van der Waals surface area contributed by atoms with Crippen molar-refractivity contribution >= 4 is 20.1 Å². The zero-order valence-corrected chi connectivity index (χ0v) is 20.5. The zero-order valence-electron chi connectivity index (χ0n) is 19.5. The van der Waals surface area contributed by atoms with E-state index in [1.807, 2.05) is 6.07 Å². The Morgan fingerprint density at radius 3 is 2.50 bits per heavy atom. The molecule has 166 valence electrons. The highest BCUT2D eigenvalue weighted by atomic mass is 28.4. The highest BCUT2D eigenvalue weighted by molar-refractivity contribution is 6.74. The third-order valence-electron chi connectivity index (χ3n) is 7.80. The van der Waals surface area contributed by atoms with Crippen molar-refractivity contribution in [3.8, 4) is 5.75 Å². The van der Waals surface area contributed by atoms with Gasteiger partial charge in [-0.05, 0) is 66.6 Å². The average molecular weight is 433 g/mol. The molecule has 2 aliphatic carbocycles. The summed E-state index contributed by atoms with van der Waals surface area (Å²) in [5.41, 5.74) is 2.09. The van der Waals surface area contributed by atoms with Crippen molar-refractivity contribution in [1.29, 1.82) is 0 Å². The molecule has 1 saturated carbocycles. The van der Waals surface area contributed by atoms with Crippen molar-refractivity contribution in [2.24, 2.45) is 11.8 Å². The maximum atomic E-state index is 12.8.